The molecule has 0 bridgehead atoms. The van der Waals surface area contributed by atoms with Gasteiger partial charge in [-0.2, -0.15) is 0 Å². The third-order valence-electron chi connectivity index (χ3n) is 6.31. The first-order valence-electron chi connectivity index (χ1n) is 11.8. The van der Waals surface area contributed by atoms with Gasteiger partial charge >= 0.3 is 5.97 Å². The van der Waals surface area contributed by atoms with Gasteiger partial charge in [-0.1, -0.05) is 54.6 Å². The van der Waals surface area contributed by atoms with E-state index in [1.165, 1.54) is 23.1 Å². The average Bonchev–Trinajstić information content (AvgIpc) is 3.18. The smallest absolute Gasteiger partial charge is 0.338 e. The molecular weight excluding hydrogens is 470 g/mol. The molecule has 37 heavy (non-hydrogen) atoms. The van der Waals surface area contributed by atoms with Crippen molar-refractivity contribution >= 4 is 39.9 Å². The number of aliphatic hydroxyl groups is 1. The number of nitrogens with zero attached hydrogens (tertiary/aromatic N) is 1. The molecular formula is C30H23NO6. The van der Waals surface area contributed by atoms with Crippen LogP contribution in [0.3, 0.4) is 0 Å². The summed E-state index contributed by atoms with van der Waals surface area (Å²) >= 11 is 0. The normalized spacial score (nSPS) is 16.8. The van der Waals surface area contributed by atoms with Crippen LogP contribution in [0.1, 0.15) is 34.5 Å². The Labute approximate surface area is 212 Å². The number of anilines is 1. The Balaban J connectivity index is 1.69. The maximum Gasteiger partial charge on any atom is 0.338 e. The largest absolute Gasteiger partial charge is 0.508 e. The van der Waals surface area contributed by atoms with Crippen molar-refractivity contribution in [1.82, 2.24) is 0 Å². The van der Waals surface area contributed by atoms with Crippen molar-refractivity contribution in [1.29, 1.82) is 0 Å². The standard InChI is InChI=1S/C30H23NO6/c1-2-37-30(36)22-8-5-9-23(17-22)31-26(19-12-14-24(32)15-13-19)25(28(34)29(31)35)27(33)21-11-10-18-6-3-4-7-20(18)16-21/h3-17,26,32-33H,2H2,1H3/b27-25-. The highest BCUT2D eigenvalue weighted by molar-refractivity contribution is 6.51. The number of hydrogen-bond donors (Lipinski definition) is 2. The van der Waals surface area contributed by atoms with Crippen LogP contribution in [0.5, 0.6) is 5.75 Å². The van der Waals surface area contributed by atoms with E-state index < -0.39 is 23.7 Å². The Morgan fingerprint density at radius 1 is 0.865 bits per heavy atom. The van der Waals surface area contributed by atoms with Gasteiger partial charge in [0.2, 0.25) is 0 Å². The van der Waals surface area contributed by atoms with E-state index in [1.807, 2.05) is 30.3 Å². The van der Waals surface area contributed by atoms with E-state index in [2.05, 4.69) is 0 Å². The first kappa shape index (κ1) is 23.8. The van der Waals surface area contributed by atoms with Crippen molar-refractivity contribution in [2.24, 2.45) is 0 Å². The lowest BCUT2D eigenvalue weighted by atomic mass is 9.94. The van der Waals surface area contributed by atoms with E-state index in [-0.39, 0.29) is 29.3 Å². The SMILES string of the molecule is CCOC(=O)c1cccc(N2C(=O)C(=O)/C(=C(\O)c3ccc4ccccc4c3)C2c2ccc(O)cc2)c1. The second-order valence-corrected chi connectivity index (χ2v) is 8.59. The highest BCUT2D eigenvalue weighted by atomic mass is 16.5. The number of fused-ring (bicyclic) bond motifs is 1. The molecule has 5 rings (SSSR count). The molecule has 0 aliphatic carbocycles. The molecule has 7 heteroatoms. The van der Waals surface area contributed by atoms with Crippen molar-refractivity contribution in [3.63, 3.8) is 0 Å². The maximum atomic E-state index is 13.4. The van der Waals surface area contributed by atoms with Gasteiger partial charge in [0.25, 0.3) is 11.7 Å². The molecule has 0 aromatic heterocycles. The van der Waals surface area contributed by atoms with Gasteiger partial charge in [0.1, 0.15) is 11.5 Å². The number of ether oxygens (including phenoxy) is 1. The number of carbonyl (C=O) groups excluding carboxylic acids is 3. The quantitative estimate of drug-likeness (QED) is 0.168. The number of carbonyl (C=O) groups is 3. The molecule has 1 atom stereocenters. The number of esters is 1. The van der Waals surface area contributed by atoms with E-state index >= 15 is 0 Å². The molecule has 1 fully saturated rings. The molecule has 1 unspecified atom stereocenters. The summed E-state index contributed by atoms with van der Waals surface area (Å²) in [4.78, 5) is 40.4. The number of benzene rings is 4. The van der Waals surface area contributed by atoms with Gasteiger partial charge in [0.15, 0.2) is 0 Å². The summed E-state index contributed by atoms with van der Waals surface area (Å²) in [5, 5.41) is 23.0. The zero-order chi connectivity index (χ0) is 26.1. The summed E-state index contributed by atoms with van der Waals surface area (Å²) in [6, 6.07) is 24.2. The number of phenolic OH excluding ortho intramolecular Hbond substituents is 1. The van der Waals surface area contributed by atoms with Gasteiger partial charge in [-0.15, -0.1) is 0 Å². The molecule has 4 aromatic rings. The Hall–Kier alpha value is -4.91. The fourth-order valence-electron chi connectivity index (χ4n) is 4.56. The molecule has 0 spiro atoms. The van der Waals surface area contributed by atoms with Crippen molar-refractivity contribution < 1.29 is 29.3 Å². The van der Waals surface area contributed by atoms with E-state index in [4.69, 9.17) is 4.74 Å². The first-order chi connectivity index (χ1) is 17.9. The topological polar surface area (TPSA) is 104 Å². The molecule has 4 aromatic carbocycles. The molecule has 1 saturated heterocycles. The fourth-order valence-corrected chi connectivity index (χ4v) is 4.56. The monoisotopic (exact) mass is 493 g/mol. The summed E-state index contributed by atoms with van der Waals surface area (Å²) < 4.78 is 5.08. The van der Waals surface area contributed by atoms with Gasteiger partial charge in [0.05, 0.1) is 23.8 Å². The third kappa shape index (κ3) is 4.31. The number of rotatable bonds is 5. The van der Waals surface area contributed by atoms with Gasteiger partial charge in [0, 0.05) is 11.3 Å². The second-order valence-electron chi connectivity index (χ2n) is 8.59. The van der Waals surface area contributed by atoms with Crippen LogP contribution in [0, 0.1) is 0 Å². The second kappa shape index (κ2) is 9.62. The molecule has 1 aliphatic rings. The Bertz CT molecular complexity index is 1570. The predicted octanol–water partition coefficient (Wildman–Crippen LogP) is 5.35. The minimum atomic E-state index is -0.996. The minimum Gasteiger partial charge on any atom is -0.508 e. The van der Waals surface area contributed by atoms with E-state index in [1.54, 1.807) is 49.4 Å². The van der Waals surface area contributed by atoms with Crippen LogP contribution >= 0.6 is 0 Å². The van der Waals surface area contributed by atoms with Crippen LogP contribution < -0.4 is 4.90 Å². The Kier molecular flexibility index (Phi) is 6.19. The summed E-state index contributed by atoms with van der Waals surface area (Å²) in [7, 11) is 0. The van der Waals surface area contributed by atoms with Crippen LogP contribution in [-0.4, -0.2) is 34.5 Å². The molecule has 7 nitrogen and oxygen atoms in total. The molecule has 1 amide bonds. The third-order valence-corrected chi connectivity index (χ3v) is 6.31. The van der Waals surface area contributed by atoms with Crippen molar-refractivity contribution in [2.75, 3.05) is 11.5 Å². The number of aromatic hydroxyl groups is 1. The maximum absolute atomic E-state index is 13.4. The first-order valence-corrected chi connectivity index (χ1v) is 11.8. The van der Waals surface area contributed by atoms with Gasteiger partial charge < -0.3 is 14.9 Å². The molecule has 0 saturated carbocycles. The molecule has 184 valence electrons. The summed E-state index contributed by atoms with van der Waals surface area (Å²) in [6.07, 6.45) is 0. The average molecular weight is 494 g/mol. The summed E-state index contributed by atoms with van der Waals surface area (Å²) in [6.45, 7) is 1.88. The number of Topliss-reactive ketones (excluding diaryl/α,β-unsaturated/α-hetero) is 1. The molecule has 0 radical (unpaired) electrons. The number of hydrogen-bond acceptors (Lipinski definition) is 6. The van der Waals surface area contributed by atoms with Crippen molar-refractivity contribution in [3.8, 4) is 5.75 Å². The van der Waals surface area contributed by atoms with Gasteiger partial charge in [-0.05, 0) is 59.7 Å². The molecule has 2 N–H and O–H groups in total. The highest BCUT2D eigenvalue weighted by Gasteiger charge is 2.47. The van der Waals surface area contributed by atoms with E-state index in [0.29, 0.717) is 16.8 Å². The van der Waals surface area contributed by atoms with Gasteiger partial charge in [-0.25, -0.2) is 4.79 Å². The highest BCUT2D eigenvalue weighted by Crippen LogP contribution is 2.42. The molecule has 1 heterocycles. The zero-order valence-corrected chi connectivity index (χ0v) is 19.9. The van der Waals surface area contributed by atoms with E-state index in [9.17, 15) is 24.6 Å². The van der Waals surface area contributed by atoms with Crippen LogP contribution in [-0.2, 0) is 14.3 Å². The predicted molar refractivity (Wildman–Crippen MR) is 139 cm³/mol. The number of phenols is 1. The summed E-state index contributed by atoms with van der Waals surface area (Å²) in [5.41, 5.74) is 1.32. The zero-order valence-electron chi connectivity index (χ0n) is 19.9. The van der Waals surface area contributed by atoms with Crippen LogP contribution in [0.4, 0.5) is 5.69 Å². The Morgan fingerprint density at radius 3 is 2.32 bits per heavy atom. The number of amides is 1. The van der Waals surface area contributed by atoms with Crippen LogP contribution in [0.15, 0.2) is 96.6 Å². The van der Waals surface area contributed by atoms with Crippen LogP contribution in [0.25, 0.3) is 16.5 Å². The van der Waals surface area contributed by atoms with Crippen molar-refractivity contribution in [3.05, 3.63) is 113 Å². The lowest BCUT2D eigenvalue weighted by molar-refractivity contribution is -0.132. The summed E-state index contributed by atoms with van der Waals surface area (Å²) in [5.74, 6) is -2.56. The van der Waals surface area contributed by atoms with Crippen LogP contribution in [0.2, 0.25) is 0 Å². The van der Waals surface area contributed by atoms with E-state index in [0.717, 1.165) is 10.8 Å². The van der Waals surface area contributed by atoms with Crippen molar-refractivity contribution in [2.45, 2.75) is 13.0 Å². The Morgan fingerprint density at radius 2 is 1.59 bits per heavy atom. The van der Waals surface area contributed by atoms with Gasteiger partial charge in [-0.3, -0.25) is 14.5 Å². The lowest BCUT2D eigenvalue weighted by Crippen LogP contribution is -2.29. The minimum absolute atomic E-state index is 0.0135. The fraction of sp³-hybridized carbons (Fsp3) is 0.100. The lowest BCUT2D eigenvalue weighted by Gasteiger charge is -2.26. The number of aliphatic hydroxyl groups excluding tert-OH is 1. The number of ketones is 1. The molecule has 1 aliphatic heterocycles.